The number of carbonyl (C=O) groups is 3. The summed E-state index contributed by atoms with van der Waals surface area (Å²) in [6.07, 6.45) is 1.28. The van der Waals surface area contributed by atoms with Crippen LogP contribution in [0.25, 0.3) is 10.8 Å². The molecule has 40 heavy (non-hydrogen) atoms. The van der Waals surface area contributed by atoms with Crippen LogP contribution in [0.5, 0.6) is 5.75 Å². The lowest BCUT2D eigenvalue weighted by Crippen LogP contribution is -2.58. The van der Waals surface area contributed by atoms with Crippen LogP contribution in [0.2, 0.25) is 0 Å². The van der Waals surface area contributed by atoms with Gasteiger partial charge in [0.05, 0.1) is 6.61 Å². The zero-order valence-electron chi connectivity index (χ0n) is 23.3. The van der Waals surface area contributed by atoms with Gasteiger partial charge in [-0.1, -0.05) is 48.5 Å². The lowest BCUT2D eigenvalue weighted by Gasteiger charge is -2.43. The average molecular weight is 548 g/mol. The number of nitrogens with zero attached hydrogens (tertiary/aromatic N) is 1. The van der Waals surface area contributed by atoms with E-state index < -0.39 is 42.2 Å². The molecule has 9 nitrogen and oxygen atoms in total. The third-order valence-corrected chi connectivity index (χ3v) is 7.00. The quantitative estimate of drug-likeness (QED) is 0.321. The van der Waals surface area contributed by atoms with Gasteiger partial charge >= 0.3 is 6.09 Å². The normalized spacial score (nSPS) is 15.0. The third-order valence-electron chi connectivity index (χ3n) is 7.00. The van der Waals surface area contributed by atoms with Gasteiger partial charge in [-0.2, -0.15) is 0 Å². The minimum Gasteiger partial charge on any atom is -0.507 e. The van der Waals surface area contributed by atoms with E-state index in [-0.39, 0.29) is 17.4 Å². The number of benzene rings is 3. The van der Waals surface area contributed by atoms with E-state index in [9.17, 15) is 24.6 Å². The summed E-state index contributed by atoms with van der Waals surface area (Å²) in [5.41, 5.74) is 0.531. The first-order valence-corrected chi connectivity index (χ1v) is 13.5. The molecule has 1 aliphatic rings. The zero-order chi connectivity index (χ0) is 29.0. The lowest BCUT2D eigenvalue weighted by atomic mass is 9.87. The molecule has 4 rings (SSSR count). The monoisotopic (exact) mass is 547 g/mol. The van der Waals surface area contributed by atoms with E-state index >= 15 is 0 Å². The Bertz CT molecular complexity index is 1400. The molecule has 3 aromatic rings. The number of aromatic hydroxyl groups is 1. The Hall–Kier alpha value is -4.11. The van der Waals surface area contributed by atoms with Crippen LogP contribution >= 0.6 is 0 Å². The number of carbonyl (C=O) groups excluding carboxylic acids is 3. The fraction of sp³-hybridized carbons (Fsp3) is 0.387. The fourth-order valence-corrected chi connectivity index (χ4v) is 4.80. The van der Waals surface area contributed by atoms with Crippen molar-refractivity contribution in [2.45, 2.75) is 70.7 Å². The maximum absolute atomic E-state index is 14.0. The van der Waals surface area contributed by atoms with Crippen LogP contribution in [0.1, 0.15) is 57.2 Å². The molecule has 1 saturated carbocycles. The number of phenolic OH excluding ortho intramolecular Hbond substituents is 1. The van der Waals surface area contributed by atoms with Crippen LogP contribution in [0, 0.1) is 6.92 Å². The summed E-state index contributed by atoms with van der Waals surface area (Å²) in [5.74, 6) is -1.26. The van der Waals surface area contributed by atoms with Gasteiger partial charge in [0, 0.05) is 17.3 Å². The number of phenols is 1. The van der Waals surface area contributed by atoms with E-state index in [2.05, 4.69) is 10.6 Å². The molecule has 212 valence electrons. The highest BCUT2D eigenvalue weighted by Gasteiger charge is 2.43. The number of aryl methyl sites for hydroxylation is 1. The molecule has 1 aliphatic carbocycles. The van der Waals surface area contributed by atoms with E-state index in [1.54, 1.807) is 52.0 Å². The van der Waals surface area contributed by atoms with E-state index in [1.807, 2.05) is 36.4 Å². The zero-order valence-corrected chi connectivity index (χ0v) is 23.3. The highest BCUT2D eigenvalue weighted by Crippen LogP contribution is 2.38. The second-order valence-corrected chi connectivity index (χ2v) is 11.2. The molecule has 1 fully saturated rings. The Kier molecular flexibility index (Phi) is 8.64. The van der Waals surface area contributed by atoms with Gasteiger partial charge in [0.1, 0.15) is 23.4 Å². The Balaban J connectivity index is 1.72. The molecule has 0 heterocycles. The topological polar surface area (TPSA) is 128 Å². The Labute approximate surface area is 234 Å². The van der Waals surface area contributed by atoms with Crippen LogP contribution in [0.15, 0.2) is 60.7 Å². The summed E-state index contributed by atoms with van der Waals surface area (Å²) < 4.78 is 5.29. The number of aliphatic hydroxyl groups excluding tert-OH is 1. The maximum atomic E-state index is 14.0. The molecule has 0 aliphatic heterocycles. The molecule has 0 saturated heterocycles. The first-order chi connectivity index (χ1) is 19.0. The van der Waals surface area contributed by atoms with Gasteiger partial charge in [0.15, 0.2) is 0 Å². The summed E-state index contributed by atoms with van der Waals surface area (Å²) >= 11 is 0. The molecule has 3 aromatic carbocycles. The van der Waals surface area contributed by atoms with Crippen molar-refractivity contribution in [1.29, 1.82) is 0 Å². The second-order valence-electron chi connectivity index (χ2n) is 11.2. The molecule has 4 N–H and O–H groups in total. The number of ether oxygens (including phenoxy) is 1. The first-order valence-electron chi connectivity index (χ1n) is 13.5. The Morgan fingerprint density at radius 2 is 1.73 bits per heavy atom. The first kappa shape index (κ1) is 28.9. The van der Waals surface area contributed by atoms with Gasteiger partial charge in [-0.15, -0.1) is 0 Å². The molecule has 2 atom stereocenters. The summed E-state index contributed by atoms with van der Waals surface area (Å²) in [6.45, 7) is 6.09. The van der Waals surface area contributed by atoms with Gasteiger partial charge in [0.25, 0.3) is 5.91 Å². The van der Waals surface area contributed by atoms with Crippen LogP contribution < -0.4 is 10.6 Å². The van der Waals surface area contributed by atoms with Crippen molar-refractivity contribution in [3.63, 3.8) is 0 Å². The number of aliphatic hydroxyl groups is 1. The molecule has 0 aromatic heterocycles. The summed E-state index contributed by atoms with van der Waals surface area (Å²) in [7, 11) is 0. The number of fused-ring (bicyclic) bond motifs is 1. The van der Waals surface area contributed by atoms with Crippen molar-refractivity contribution in [2.24, 2.45) is 0 Å². The minimum atomic E-state index is -1.35. The Morgan fingerprint density at radius 3 is 2.35 bits per heavy atom. The molecule has 3 amide bonds. The standard InChI is InChI=1S/C31H37N3O6/c1-19-9-7-14-24(27(19)36)26(28(37)32-22-16-15-20-10-5-6-11-21(20)17-22)34(23-12-8-13-23)29(38)25(18-35)33-30(39)40-31(2,3)4/h5-7,9-11,14-17,23,25-26,35-36H,8,12-13,18H2,1-4H3,(H,32,37)(H,33,39). The van der Waals surface area contributed by atoms with Gasteiger partial charge in [0.2, 0.25) is 5.91 Å². The summed E-state index contributed by atoms with van der Waals surface area (Å²) in [5, 5.41) is 28.5. The summed E-state index contributed by atoms with van der Waals surface area (Å²) in [4.78, 5) is 41.9. The second kappa shape index (κ2) is 12.0. The van der Waals surface area contributed by atoms with Crippen LogP contribution in [-0.2, 0) is 14.3 Å². The third kappa shape index (κ3) is 6.54. The number of rotatable bonds is 8. The Morgan fingerprint density at radius 1 is 1.02 bits per heavy atom. The molecular weight excluding hydrogens is 510 g/mol. The molecule has 2 unspecified atom stereocenters. The number of anilines is 1. The van der Waals surface area contributed by atoms with Crippen molar-refractivity contribution < 1.29 is 29.3 Å². The summed E-state index contributed by atoms with van der Waals surface area (Å²) in [6, 6.07) is 15.4. The predicted molar refractivity (Wildman–Crippen MR) is 153 cm³/mol. The lowest BCUT2D eigenvalue weighted by molar-refractivity contribution is -0.146. The van der Waals surface area contributed by atoms with Gasteiger partial charge < -0.3 is 30.5 Å². The number of hydrogen-bond acceptors (Lipinski definition) is 6. The van der Waals surface area contributed by atoms with E-state index in [0.717, 1.165) is 17.2 Å². The van der Waals surface area contributed by atoms with Crippen molar-refractivity contribution in [3.05, 3.63) is 71.8 Å². The number of para-hydroxylation sites is 1. The maximum Gasteiger partial charge on any atom is 0.408 e. The molecule has 0 bridgehead atoms. The number of amides is 3. The van der Waals surface area contributed by atoms with Crippen molar-refractivity contribution >= 4 is 34.4 Å². The van der Waals surface area contributed by atoms with E-state index in [0.29, 0.717) is 24.1 Å². The largest absolute Gasteiger partial charge is 0.507 e. The van der Waals surface area contributed by atoms with Crippen LogP contribution in [0.4, 0.5) is 10.5 Å². The van der Waals surface area contributed by atoms with Crippen LogP contribution in [-0.4, -0.2) is 57.3 Å². The van der Waals surface area contributed by atoms with E-state index in [1.165, 1.54) is 4.90 Å². The van der Waals surface area contributed by atoms with Crippen molar-refractivity contribution in [1.82, 2.24) is 10.2 Å². The SMILES string of the molecule is Cc1cccc(C(C(=O)Nc2ccc3ccccc3c2)N(C(=O)C(CO)NC(=O)OC(C)(C)C)C2CCC2)c1O. The highest BCUT2D eigenvalue weighted by molar-refractivity contribution is 6.01. The molecule has 0 spiro atoms. The number of alkyl carbamates (subject to hydrolysis) is 1. The van der Waals surface area contributed by atoms with Gasteiger partial charge in [-0.05, 0) is 75.4 Å². The van der Waals surface area contributed by atoms with Gasteiger partial charge in [-0.25, -0.2) is 4.79 Å². The van der Waals surface area contributed by atoms with Crippen molar-refractivity contribution in [2.75, 3.05) is 11.9 Å². The molecular formula is C31H37N3O6. The predicted octanol–water partition coefficient (Wildman–Crippen LogP) is 4.80. The number of nitrogens with one attached hydrogen (secondary N) is 2. The van der Waals surface area contributed by atoms with Crippen molar-refractivity contribution in [3.8, 4) is 5.75 Å². The van der Waals surface area contributed by atoms with Crippen LogP contribution in [0.3, 0.4) is 0 Å². The number of hydrogen-bond donors (Lipinski definition) is 4. The van der Waals surface area contributed by atoms with E-state index in [4.69, 9.17) is 4.74 Å². The molecule has 0 radical (unpaired) electrons. The minimum absolute atomic E-state index is 0.0982. The molecule has 9 heteroatoms. The highest BCUT2D eigenvalue weighted by atomic mass is 16.6. The smallest absolute Gasteiger partial charge is 0.408 e. The fourth-order valence-electron chi connectivity index (χ4n) is 4.80. The average Bonchev–Trinajstić information content (AvgIpc) is 2.86. The van der Waals surface area contributed by atoms with Gasteiger partial charge in [-0.3, -0.25) is 9.59 Å².